The van der Waals surface area contributed by atoms with Crippen LogP contribution in [-0.2, 0) is 10.0 Å². The fraction of sp³-hybridized carbons (Fsp3) is 0.231. The van der Waals surface area contributed by atoms with Crippen molar-refractivity contribution in [3.63, 3.8) is 0 Å². The molecule has 0 aliphatic rings. The van der Waals surface area contributed by atoms with Crippen LogP contribution in [-0.4, -0.2) is 19.1 Å². The second-order valence-electron chi connectivity index (χ2n) is 4.47. The van der Waals surface area contributed by atoms with Gasteiger partial charge in [0.1, 0.15) is 4.90 Å². The van der Waals surface area contributed by atoms with Gasteiger partial charge in [0, 0.05) is 18.4 Å². The zero-order valence-corrected chi connectivity index (χ0v) is 11.7. The van der Waals surface area contributed by atoms with E-state index in [0.29, 0.717) is 5.69 Å². The fourth-order valence-corrected chi connectivity index (χ4v) is 3.12. The maximum absolute atomic E-state index is 12.2. The standard InChI is InChI=1S/C13H17N3O2S/c1-11(2)15-19(17,18)13-8-4-3-7-12(13)14-16-9-5-6-10-16/h3-11,14-15H,1-2H3. The van der Waals surface area contributed by atoms with Crippen molar-refractivity contribution in [2.75, 3.05) is 5.43 Å². The van der Waals surface area contributed by atoms with Gasteiger partial charge in [0.15, 0.2) is 0 Å². The topological polar surface area (TPSA) is 63.1 Å². The lowest BCUT2D eigenvalue weighted by atomic mass is 10.3. The van der Waals surface area contributed by atoms with Crippen LogP contribution in [0.4, 0.5) is 5.69 Å². The molecule has 0 spiro atoms. The molecule has 19 heavy (non-hydrogen) atoms. The van der Waals surface area contributed by atoms with Gasteiger partial charge in [0.05, 0.1) is 5.69 Å². The van der Waals surface area contributed by atoms with Gasteiger partial charge in [0.2, 0.25) is 10.0 Å². The molecule has 1 aromatic heterocycles. The van der Waals surface area contributed by atoms with Crippen LogP contribution in [0.1, 0.15) is 13.8 Å². The Labute approximate surface area is 113 Å². The van der Waals surface area contributed by atoms with Gasteiger partial charge in [-0.25, -0.2) is 13.1 Å². The van der Waals surface area contributed by atoms with E-state index in [0.717, 1.165) is 0 Å². The van der Waals surface area contributed by atoms with Crippen LogP contribution in [0, 0.1) is 0 Å². The van der Waals surface area contributed by atoms with E-state index in [9.17, 15) is 8.42 Å². The average Bonchev–Trinajstić information content (AvgIpc) is 2.80. The Morgan fingerprint density at radius 1 is 1.05 bits per heavy atom. The number of para-hydroxylation sites is 1. The zero-order chi connectivity index (χ0) is 13.9. The summed E-state index contributed by atoms with van der Waals surface area (Å²) in [4.78, 5) is 0.234. The molecule has 0 aliphatic heterocycles. The Kier molecular flexibility index (Phi) is 3.92. The zero-order valence-electron chi connectivity index (χ0n) is 10.9. The molecule has 1 aromatic carbocycles. The molecule has 0 amide bonds. The molecule has 0 unspecified atom stereocenters. The lowest BCUT2D eigenvalue weighted by Gasteiger charge is -2.15. The van der Waals surface area contributed by atoms with Crippen LogP contribution in [0.15, 0.2) is 53.7 Å². The summed E-state index contributed by atoms with van der Waals surface area (Å²) in [6, 6.07) is 10.4. The van der Waals surface area contributed by atoms with Gasteiger partial charge in [-0.05, 0) is 38.1 Å². The first-order valence-corrected chi connectivity index (χ1v) is 7.49. The number of hydrogen-bond acceptors (Lipinski definition) is 3. The van der Waals surface area contributed by atoms with Crippen LogP contribution in [0.2, 0.25) is 0 Å². The minimum Gasteiger partial charge on any atom is -0.294 e. The number of anilines is 1. The molecule has 2 aromatic rings. The minimum atomic E-state index is -3.52. The van der Waals surface area contributed by atoms with E-state index >= 15 is 0 Å². The van der Waals surface area contributed by atoms with Crippen LogP contribution in [0.3, 0.4) is 0 Å². The molecule has 0 saturated heterocycles. The summed E-state index contributed by atoms with van der Waals surface area (Å²) in [5, 5.41) is 0. The maximum atomic E-state index is 12.2. The summed E-state index contributed by atoms with van der Waals surface area (Å²) in [6.45, 7) is 3.58. The number of nitrogens with zero attached hydrogens (tertiary/aromatic N) is 1. The molecular weight excluding hydrogens is 262 g/mol. The molecule has 0 atom stereocenters. The van der Waals surface area contributed by atoms with Crippen molar-refractivity contribution in [2.45, 2.75) is 24.8 Å². The Hall–Kier alpha value is -1.79. The summed E-state index contributed by atoms with van der Waals surface area (Å²) in [5.74, 6) is 0. The number of benzene rings is 1. The van der Waals surface area contributed by atoms with E-state index in [1.807, 2.05) is 12.1 Å². The molecule has 6 heteroatoms. The van der Waals surface area contributed by atoms with Crippen molar-refractivity contribution < 1.29 is 8.42 Å². The first kappa shape index (κ1) is 13.6. The van der Waals surface area contributed by atoms with E-state index in [2.05, 4.69) is 10.1 Å². The highest BCUT2D eigenvalue weighted by Crippen LogP contribution is 2.21. The van der Waals surface area contributed by atoms with Gasteiger partial charge < -0.3 is 0 Å². The Morgan fingerprint density at radius 3 is 2.32 bits per heavy atom. The summed E-state index contributed by atoms with van der Waals surface area (Å²) in [6.07, 6.45) is 3.61. The molecule has 0 bridgehead atoms. The van der Waals surface area contributed by atoms with Crippen LogP contribution >= 0.6 is 0 Å². The average molecular weight is 279 g/mol. The van der Waals surface area contributed by atoms with Crippen LogP contribution < -0.4 is 10.1 Å². The molecule has 0 fully saturated rings. The lowest BCUT2D eigenvalue weighted by Crippen LogP contribution is -2.31. The summed E-state index contributed by atoms with van der Waals surface area (Å²) < 4.78 is 28.7. The molecule has 0 radical (unpaired) electrons. The van der Waals surface area contributed by atoms with Crippen molar-refractivity contribution in [2.24, 2.45) is 0 Å². The van der Waals surface area contributed by atoms with E-state index in [-0.39, 0.29) is 10.9 Å². The van der Waals surface area contributed by atoms with Crippen molar-refractivity contribution >= 4 is 15.7 Å². The van der Waals surface area contributed by atoms with Gasteiger partial charge in [-0.1, -0.05) is 12.1 Å². The van der Waals surface area contributed by atoms with Crippen LogP contribution in [0.25, 0.3) is 0 Å². The fourth-order valence-electron chi connectivity index (χ4n) is 1.72. The Bertz CT molecular complexity index is 634. The lowest BCUT2D eigenvalue weighted by molar-refractivity contribution is 0.570. The molecule has 2 rings (SSSR count). The third-order valence-corrected chi connectivity index (χ3v) is 4.14. The first-order valence-electron chi connectivity index (χ1n) is 6.00. The minimum absolute atomic E-state index is 0.148. The molecule has 102 valence electrons. The van der Waals surface area contributed by atoms with E-state index in [1.54, 1.807) is 55.2 Å². The molecule has 0 aliphatic carbocycles. The van der Waals surface area contributed by atoms with Crippen LogP contribution in [0.5, 0.6) is 0 Å². The van der Waals surface area contributed by atoms with Gasteiger partial charge in [0.25, 0.3) is 0 Å². The second kappa shape index (κ2) is 5.46. The number of aromatic nitrogens is 1. The highest BCUT2D eigenvalue weighted by Gasteiger charge is 2.19. The van der Waals surface area contributed by atoms with Gasteiger partial charge >= 0.3 is 0 Å². The highest BCUT2D eigenvalue weighted by molar-refractivity contribution is 7.89. The third kappa shape index (κ3) is 3.36. The molecule has 5 nitrogen and oxygen atoms in total. The molecular formula is C13H17N3O2S. The number of rotatable bonds is 5. The normalized spacial score (nSPS) is 11.7. The van der Waals surface area contributed by atoms with Crippen molar-refractivity contribution in [1.29, 1.82) is 0 Å². The van der Waals surface area contributed by atoms with Crippen molar-refractivity contribution in [3.8, 4) is 0 Å². The third-order valence-electron chi connectivity index (χ3n) is 2.42. The Balaban J connectivity index is 2.36. The second-order valence-corrected chi connectivity index (χ2v) is 6.16. The van der Waals surface area contributed by atoms with Crippen molar-refractivity contribution in [3.05, 3.63) is 48.8 Å². The highest BCUT2D eigenvalue weighted by atomic mass is 32.2. The predicted octanol–water partition coefficient (Wildman–Crippen LogP) is 2.05. The maximum Gasteiger partial charge on any atom is 0.242 e. The summed E-state index contributed by atoms with van der Waals surface area (Å²) in [7, 11) is -3.52. The first-order chi connectivity index (χ1) is 8.99. The SMILES string of the molecule is CC(C)NS(=O)(=O)c1ccccc1Nn1cccc1. The predicted molar refractivity (Wildman–Crippen MR) is 75.4 cm³/mol. The van der Waals surface area contributed by atoms with Gasteiger partial charge in [-0.3, -0.25) is 10.1 Å². The monoisotopic (exact) mass is 279 g/mol. The van der Waals surface area contributed by atoms with Gasteiger partial charge in [-0.2, -0.15) is 0 Å². The Morgan fingerprint density at radius 2 is 1.68 bits per heavy atom. The molecule has 1 heterocycles. The number of nitrogens with one attached hydrogen (secondary N) is 2. The van der Waals surface area contributed by atoms with E-state index < -0.39 is 10.0 Å². The summed E-state index contributed by atoms with van der Waals surface area (Å²) in [5.41, 5.74) is 3.56. The van der Waals surface area contributed by atoms with Gasteiger partial charge in [-0.15, -0.1) is 0 Å². The van der Waals surface area contributed by atoms with E-state index in [1.165, 1.54) is 0 Å². The molecule has 2 N–H and O–H groups in total. The smallest absolute Gasteiger partial charge is 0.242 e. The number of hydrogen-bond donors (Lipinski definition) is 2. The quantitative estimate of drug-likeness (QED) is 0.880. The number of sulfonamides is 1. The van der Waals surface area contributed by atoms with E-state index in [4.69, 9.17) is 0 Å². The molecule has 0 saturated carbocycles. The van der Waals surface area contributed by atoms with Crippen molar-refractivity contribution in [1.82, 2.24) is 9.40 Å². The largest absolute Gasteiger partial charge is 0.294 e. The summed E-state index contributed by atoms with van der Waals surface area (Å²) >= 11 is 0.